The Hall–Kier alpha value is -2.36. The highest BCUT2D eigenvalue weighted by Gasteiger charge is 2.34. The van der Waals surface area contributed by atoms with Crippen LogP contribution in [0.15, 0.2) is 18.2 Å². The van der Waals surface area contributed by atoms with Gasteiger partial charge in [0.2, 0.25) is 5.91 Å². The largest absolute Gasteiger partial charge is 0.444 e. The first-order valence-electron chi connectivity index (χ1n) is 8.33. The number of nitrogens with one attached hydrogen (secondary N) is 1. The quantitative estimate of drug-likeness (QED) is 0.725. The number of benzene rings is 1. The van der Waals surface area contributed by atoms with E-state index in [1.165, 1.54) is 19.2 Å². The average Bonchev–Trinajstić information content (AvgIpc) is 2.50. The zero-order chi connectivity index (χ0) is 21.7. The van der Waals surface area contributed by atoms with Crippen LogP contribution in [0.5, 0.6) is 0 Å². The van der Waals surface area contributed by atoms with Crippen LogP contribution in [0.2, 0.25) is 0 Å². The molecule has 1 unspecified atom stereocenters. The maximum absolute atomic E-state index is 14.4. The minimum Gasteiger partial charge on any atom is -0.444 e. The summed E-state index contributed by atoms with van der Waals surface area (Å²) in [6.45, 7) is 3.26. The normalized spacial score (nSPS) is 13.0. The lowest BCUT2D eigenvalue weighted by Crippen LogP contribution is -2.39. The molecule has 1 N–H and O–H groups in total. The molecule has 0 radical (unpaired) electrons. The molecule has 0 heterocycles. The number of ether oxygens (including phenoxy) is 2. The van der Waals surface area contributed by atoms with E-state index in [0.717, 1.165) is 13.1 Å². The van der Waals surface area contributed by atoms with Crippen molar-refractivity contribution in [2.24, 2.45) is 0 Å². The molecule has 0 aromatic heterocycles. The number of hydrogen-bond acceptors (Lipinski definition) is 4. The molecule has 0 saturated heterocycles. The zero-order valence-corrected chi connectivity index (χ0v) is 16.3. The van der Waals surface area contributed by atoms with E-state index in [9.17, 15) is 27.2 Å². The molecule has 0 fully saturated rings. The fourth-order valence-electron chi connectivity index (χ4n) is 2.35. The van der Waals surface area contributed by atoms with Gasteiger partial charge in [-0.25, -0.2) is 9.18 Å². The monoisotopic (exact) mass is 408 g/mol. The highest BCUT2D eigenvalue weighted by atomic mass is 19.4. The van der Waals surface area contributed by atoms with Crippen LogP contribution in [-0.4, -0.2) is 56.0 Å². The molecular formula is C18H24F4N2O4. The van der Waals surface area contributed by atoms with Gasteiger partial charge < -0.3 is 14.4 Å². The molecular weight excluding hydrogens is 384 g/mol. The Kier molecular flexibility index (Phi) is 7.80. The summed E-state index contributed by atoms with van der Waals surface area (Å²) in [5, 5.41) is 2.24. The van der Waals surface area contributed by atoms with Crippen molar-refractivity contribution < 1.29 is 36.6 Å². The predicted molar refractivity (Wildman–Crippen MR) is 94.6 cm³/mol. The molecule has 2 amide bonds. The van der Waals surface area contributed by atoms with Gasteiger partial charge in [0.1, 0.15) is 18.0 Å². The summed E-state index contributed by atoms with van der Waals surface area (Å²) in [5.41, 5.74) is -0.849. The van der Waals surface area contributed by atoms with E-state index in [1.54, 1.807) is 20.8 Å². The lowest BCUT2D eigenvalue weighted by atomic mass is 9.97. The van der Waals surface area contributed by atoms with Gasteiger partial charge in [0.05, 0.1) is 18.2 Å². The molecule has 158 valence electrons. The second kappa shape index (κ2) is 9.22. The minimum atomic E-state index is -4.56. The number of rotatable bonds is 6. The van der Waals surface area contributed by atoms with Crippen LogP contribution in [0.3, 0.4) is 0 Å². The van der Waals surface area contributed by atoms with Crippen molar-refractivity contribution in [2.75, 3.05) is 32.6 Å². The number of carbonyl (C=O) groups is 2. The molecule has 1 atom stereocenters. The van der Waals surface area contributed by atoms with E-state index in [2.05, 4.69) is 5.32 Å². The topological polar surface area (TPSA) is 67.9 Å². The number of methoxy groups -OCH3 is 1. The van der Waals surface area contributed by atoms with Crippen LogP contribution in [0.25, 0.3) is 0 Å². The van der Waals surface area contributed by atoms with E-state index < -0.39 is 42.1 Å². The maximum atomic E-state index is 14.4. The summed E-state index contributed by atoms with van der Waals surface area (Å²) in [5.74, 6) is -2.87. The fourth-order valence-corrected chi connectivity index (χ4v) is 2.35. The molecule has 0 bridgehead atoms. The second-order valence-corrected chi connectivity index (χ2v) is 7.18. The number of alkyl halides is 3. The summed E-state index contributed by atoms with van der Waals surface area (Å²) in [4.78, 5) is 24.6. The van der Waals surface area contributed by atoms with Crippen molar-refractivity contribution in [3.8, 4) is 0 Å². The van der Waals surface area contributed by atoms with Gasteiger partial charge in [-0.1, -0.05) is 6.07 Å². The third-order valence-corrected chi connectivity index (χ3v) is 3.46. The third kappa shape index (κ3) is 7.71. The van der Waals surface area contributed by atoms with Crippen LogP contribution in [-0.2, 0) is 14.3 Å². The van der Waals surface area contributed by atoms with Gasteiger partial charge >= 0.3 is 12.3 Å². The van der Waals surface area contributed by atoms with Crippen molar-refractivity contribution in [2.45, 2.75) is 38.5 Å². The number of carbonyl (C=O) groups excluding carboxylic acids is 2. The van der Waals surface area contributed by atoms with Gasteiger partial charge in [-0.2, -0.15) is 13.2 Å². The number of likely N-dealkylation sites (N-methyl/N-ethyl adjacent to an activating group) is 1. The Bertz CT molecular complexity index is 702. The molecule has 0 aliphatic heterocycles. The van der Waals surface area contributed by atoms with Gasteiger partial charge in [0, 0.05) is 14.2 Å². The van der Waals surface area contributed by atoms with Gasteiger partial charge in [-0.3, -0.25) is 10.1 Å². The molecule has 0 saturated carbocycles. The second-order valence-electron chi connectivity index (χ2n) is 7.18. The van der Waals surface area contributed by atoms with Gasteiger partial charge in [-0.05, 0) is 38.5 Å². The first-order valence-corrected chi connectivity index (χ1v) is 8.33. The molecule has 1 aromatic rings. The summed E-state index contributed by atoms with van der Waals surface area (Å²) in [6.07, 6.45) is -5.43. The summed E-state index contributed by atoms with van der Waals surface area (Å²) in [7, 11) is 2.28. The van der Waals surface area contributed by atoms with Crippen molar-refractivity contribution in [3.05, 3.63) is 29.6 Å². The molecule has 1 aromatic carbocycles. The van der Waals surface area contributed by atoms with E-state index in [0.29, 0.717) is 4.90 Å². The molecule has 28 heavy (non-hydrogen) atoms. The first-order chi connectivity index (χ1) is 12.7. The summed E-state index contributed by atoms with van der Waals surface area (Å²) in [6, 6.07) is 3.50. The Morgan fingerprint density at radius 3 is 2.29 bits per heavy atom. The maximum Gasteiger partial charge on any atom is 0.412 e. The summed E-state index contributed by atoms with van der Waals surface area (Å²) >= 11 is 0. The lowest BCUT2D eigenvalue weighted by molar-refractivity contribution is -0.160. The van der Waals surface area contributed by atoms with Crippen LogP contribution in [0.1, 0.15) is 32.3 Å². The number of anilines is 1. The fraction of sp³-hybridized carbons (Fsp3) is 0.556. The van der Waals surface area contributed by atoms with Crippen LogP contribution < -0.4 is 5.32 Å². The Balaban J connectivity index is 3.01. The van der Waals surface area contributed by atoms with Crippen molar-refractivity contribution in [1.82, 2.24) is 4.90 Å². The van der Waals surface area contributed by atoms with E-state index in [-0.39, 0.29) is 17.9 Å². The Morgan fingerprint density at radius 1 is 1.21 bits per heavy atom. The highest BCUT2D eigenvalue weighted by molar-refractivity contribution is 5.86. The molecule has 6 nitrogen and oxygen atoms in total. The molecule has 0 spiro atoms. The summed E-state index contributed by atoms with van der Waals surface area (Å²) < 4.78 is 61.9. The van der Waals surface area contributed by atoms with Crippen molar-refractivity contribution >= 4 is 17.7 Å². The van der Waals surface area contributed by atoms with Crippen LogP contribution >= 0.6 is 0 Å². The Labute approximate surface area is 160 Å². The number of halogens is 4. The highest BCUT2D eigenvalue weighted by Crippen LogP contribution is 2.26. The molecule has 0 aliphatic rings. The van der Waals surface area contributed by atoms with Crippen molar-refractivity contribution in [1.29, 1.82) is 0 Å². The Morgan fingerprint density at radius 2 is 1.82 bits per heavy atom. The van der Waals surface area contributed by atoms with E-state index in [4.69, 9.17) is 9.47 Å². The van der Waals surface area contributed by atoms with Gasteiger partial charge in [0.25, 0.3) is 0 Å². The number of hydrogen-bond donors (Lipinski definition) is 1. The van der Waals surface area contributed by atoms with Gasteiger partial charge in [0.15, 0.2) is 0 Å². The lowest BCUT2D eigenvalue weighted by Gasteiger charge is -2.25. The standard InChI is InChI=1S/C18H24F4N2O4/c1-17(2,3)28-16(26)23-14-7-6-11(8-13(14)19)12(9-27-5)15(25)24(4)10-18(20,21)22/h6-8,12H,9-10H2,1-5H3,(H,23,26). The number of nitrogens with zero attached hydrogens (tertiary/aromatic N) is 1. The SMILES string of the molecule is COCC(C(=O)N(C)CC(F)(F)F)c1ccc(NC(=O)OC(C)(C)C)c(F)c1. The molecule has 1 rings (SSSR count). The predicted octanol–water partition coefficient (Wildman–Crippen LogP) is 3.92. The first kappa shape index (κ1) is 23.7. The third-order valence-electron chi connectivity index (χ3n) is 3.46. The number of amides is 2. The smallest absolute Gasteiger partial charge is 0.412 e. The molecule has 10 heteroatoms. The minimum absolute atomic E-state index is 0.119. The van der Waals surface area contributed by atoms with Crippen LogP contribution in [0, 0.1) is 5.82 Å². The van der Waals surface area contributed by atoms with E-state index >= 15 is 0 Å². The zero-order valence-electron chi connectivity index (χ0n) is 16.3. The van der Waals surface area contributed by atoms with Gasteiger partial charge in [-0.15, -0.1) is 0 Å². The molecule has 0 aliphatic carbocycles. The van der Waals surface area contributed by atoms with Crippen LogP contribution in [0.4, 0.5) is 28.0 Å². The van der Waals surface area contributed by atoms with E-state index in [1.807, 2.05) is 0 Å². The van der Waals surface area contributed by atoms with Crippen molar-refractivity contribution in [3.63, 3.8) is 0 Å². The average molecular weight is 408 g/mol.